The number of fused-ring (bicyclic) bond motifs is 9. The van der Waals surface area contributed by atoms with E-state index in [0.29, 0.717) is 0 Å². The highest BCUT2D eigenvalue weighted by Gasteiger charge is 2.35. The molecule has 2 heteroatoms. The summed E-state index contributed by atoms with van der Waals surface area (Å²) in [6.07, 6.45) is 0. The highest BCUT2D eigenvalue weighted by molar-refractivity contribution is 6.09. The number of hydrogen-bond acceptors (Lipinski definition) is 2. The second-order valence-corrected chi connectivity index (χ2v) is 10.2. The minimum atomic E-state index is -0.0347. The summed E-state index contributed by atoms with van der Waals surface area (Å²) in [6, 6.07) is 34.5. The Hall–Kier alpha value is -4.30. The number of rotatable bonds is 1. The first-order valence-electron chi connectivity index (χ1n) is 12.1. The molecular formula is C33H22O2. The Kier molecular flexibility index (Phi) is 3.50. The average Bonchev–Trinajstić information content (AvgIpc) is 3.50. The van der Waals surface area contributed by atoms with Gasteiger partial charge in [0.15, 0.2) is 0 Å². The Labute approximate surface area is 202 Å². The molecule has 2 heterocycles. The van der Waals surface area contributed by atoms with Crippen LogP contribution in [0, 0.1) is 0 Å². The van der Waals surface area contributed by atoms with E-state index in [1.807, 2.05) is 12.1 Å². The van der Waals surface area contributed by atoms with Crippen molar-refractivity contribution in [2.45, 2.75) is 19.3 Å². The molecule has 2 nitrogen and oxygen atoms in total. The predicted octanol–water partition coefficient (Wildman–Crippen LogP) is 9.46. The molecule has 0 unspecified atom stereocenters. The van der Waals surface area contributed by atoms with Gasteiger partial charge in [-0.2, -0.15) is 0 Å². The van der Waals surface area contributed by atoms with Crippen LogP contribution in [0.15, 0.2) is 106 Å². The lowest BCUT2D eigenvalue weighted by Gasteiger charge is -2.21. The van der Waals surface area contributed by atoms with Crippen LogP contribution >= 0.6 is 0 Å². The largest absolute Gasteiger partial charge is 0.456 e. The molecular weight excluding hydrogens is 428 g/mol. The van der Waals surface area contributed by atoms with Crippen molar-refractivity contribution in [3.05, 3.63) is 108 Å². The van der Waals surface area contributed by atoms with Crippen LogP contribution in [0.1, 0.15) is 25.0 Å². The van der Waals surface area contributed by atoms with Gasteiger partial charge in [0.1, 0.15) is 22.3 Å². The van der Waals surface area contributed by atoms with Crippen LogP contribution in [0.2, 0.25) is 0 Å². The van der Waals surface area contributed by atoms with Crippen molar-refractivity contribution in [2.75, 3.05) is 0 Å². The van der Waals surface area contributed by atoms with Gasteiger partial charge in [0.05, 0.1) is 0 Å². The topological polar surface area (TPSA) is 26.3 Å². The average molecular weight is 451 g/mol. The molecule has 0 saturated heterocycles. The molecule has 0 bridgehead atoms. The molecule has 7 aromatic rings. The van der Waals surface area contributed by atoms with E-state index in [2.05, 4.69) is 98.8 Å². The molecule has 0 fully saturated rings. The molecule has 8 rings (SSSR count). The summed E-state index contributed by atoms with van der Waals surface area (Å²) in [7, 11) is 0. The zero-order chi connectivity index (χ0) is 23.3. The van der Waals surface area contributed by atoms with E-state index >= 15 is 0 Å². The summed E-state index contributed by atoms with van der Waals surface area (Å²) in [5, 5.41) is 4.62. The molecule has 0 aliphatic heterocycles. The van der Waals surface area contributed by atoms with Gasteiger partial charge in [0.2, 0.25) is 0 Å². The number of benzene rings is 5. The zero-order valence-electron chi connectivity index (χ0n) is 19.6. The second kappa shape index (κ2) is 6.43. The molecule has 35 heavy (non-hydrogen) atoms. The summed E-state index contributed by atoms with van der Waals surface area (Å²) in [6.45, 7) is 4.61. The van der Waals surface area contributed by atoms with E-state index in [9.17, 15) is 0 Å². The van der Waals surface area contributed by atoms with Gasteiger partial charge in [-0.15, -0.1) is 0 Å². The third-order valence-corrected chi connectivity index (χ3v) is 7.89. The molecule has 2 aromatic heterocycles. The molecule has 5 aromatic carbocycles. The van der Waals surface area contributed by atoms with Gasteiger partial charge < -0.3 is 8.83 Å². The van der Waals surface area contributed by atoms with E-state index in [4.69, 9.17) is 8.83 Å². The third-order valence-electron chi connectivity index (χ3n) is 7.89. The van der Waals surface area contributed by atoms with Crippen molar-refractivity contribution in [3.63, 3.8) is 0 Å². The summed E-state index contributed by atoms with van der Waals surface area (Å²) < 4.78 is 12.5. The molecule has 0 spiro atoms. The molecule has 0 N–H and O–H groups in total. The fraction of sp³-hybridized carbons (Fsp3) is 0.0909. The smallest absolute Gasteiger partial charge is 0.136 e. The van der Waals surface area contributed by atoms with Crippen LogP contribution in [0.25, 0.3) is 66.1 Å². The number of furan rings is 2. The van der Waals surface area contributed by atoms with Gasteiger partial charge in [-0.1, -0.05) is 68.4 Å². The van der Waals surface area contributed by atoms with E-state index in [-0.39, 0.29) is 5.41 Å². The Balaban J connectivity index is 1.32. The maximum Gasteiger partial charge on any atom is 0.136 e. The van der Waals surface area contributed by atoms with Crippen molar-refractivity contribution < 1.29 is 8.83 Å². The maximum atomic E-state index is 6.46. The fourth-order valence-electron chi connectivity index (χ4n) is 6.06. The zero-order valence-corrected chi connectivity index (χ0v) is 19.6. The van der Waals surface area contributed by atoms with Crippen LogP contribution in [-0.2, 0) is 5.41 Å². The minimum absolute atomic E-state index is 0.0347. The van der Waals surface area contributed by atoms with Crippen LogP contribution in [0.3, 0.4) is 0 Å². The molecule has 166 valence electrons. The second-order valence-electron chi connectivity index (χ2n) is 10.2. The quantitative estimate of drug-likeness (QED) is 0.249. The lowest BCUT2D eigenvalue weighted by molar-refractivity contribution is 0.647. The summed E-state index contributed by atoms with van der Waals surface area (Å²) in [4.78, 5) is 0. The summed E-state index contributed by atoms with van der Waals surface area (Å²) in [5.74, 6) is 0. The monoisotopic (exact) mass is 450 g/mol. The first-order chi connectivity index (χ1) is 17.1. The molecule has 0 saturated carbocycles. The van der Waals surface area contributed by atoms with E-state index < -0.39 is 0 Å². The Morgan fingerprint density at radius 3 is 2.06 bits per heavy atom. The molecule has 0 amide bonds. The Morgan fingerprint density at radius 1 is 0.457 bits per heavy atom. The van der Waals surface area contributed by atoms with Crippen molar-refractivity contribution >= 4 is 43.9 Å². The molecule has 0 radical (unpaired) electrons. The minimum Gasteiger partial charge on any atom is -0.456 e. The normalized spacial score (nSPS) is 14.2. The maximum absolute atomic E-state index is 6.46. The SMILES string of the molecule is CC1(C)c2ccccc2-c2cc3c(cc21)oc1cc(-c2ccc4oc5ccccc5c4c2)ccc13. The lowest BCUT2D eigenvalue weighted by atomic mass is 9.82. The number of para-hydroxylation sites is 1. The summed E-state index contributed by atoms with van der Waals surface area (Å²) >= 11 is 0. The van der Waals surface area contributed by atoms with E-state index in [1.165, 1.54) is 27.6 Å². The molecule has 0 atom stereocenters. The summed E-state index contributed by atoms with van der Waals surface area (Å²) in [5.41, 5.74) is 11.3. The van der Waals surface area contributed by atoms with Crippen LogP contribution in [-0.4, -0.2) is 0 Å². The van der Waals surface area contributed by atoms with Crippen LogP contribution < -0.4 is 0 Å². The van der Waals surface area contributed by atoms with E-state index in [1.54, 1.807) is 0 Å². The van der Waals surface area contributed by atoms with Gasteiger partial charge >= 0.3 is 0 Å². The van der Waals surface area contributed by atoms with Gasteiger partial charge in [0.25, 0.3) is 0 Å². The molecule has 1 aliphatic carbocycles. The number of hydrogen-bond donors (Lipinski definition) is 0. The predicted molar refractivity (Wildman–Crippen MR) is 144 cm³/mol. The van der Waals surface area contributed by atoms with Gasteiger partial charge in [-0.25, -0.2) is 0 Å². The first-order valence-corrected chi connectivity index (χ1v) is 12.1. The van der Waals surface area contributed by atoms with E-state index in [0.717, 1.165) is 49.6 Å². The van der Waals surface area contributed by atoms with Crippen molar-refractivity contribution in [1.82, 2.24) is 0 Å². The van der Waals surface area contributed by atoms with Gasteiger partial charge in [0, 0.05) is 27.0 Å². The Bertz CT molecular complexity index is 1980. The standard InChI is InChI=1S/C33H22O2/c1-33(2)27-9-5-3-7-21(27)24-17-26-23-13-11-20(16-31(23)35-32(26)18-28(24)33)19-12-14-30-25(15-19)22-8-4-6-10-29(22)34-30/h3-18H,1-2H3. The lowest BCUT2D eigenvalue weighted by Crippen LogP contribution is -2.14. The van der Waals surface area contributed by atoms with Crippen molar-refractivity contribution in [1.29, 1.82) is 0 Å². The van der Waals surface area contributed by atoms with Crippen LogP contribution in [0.4, 0.5) is 0 Å². The van der Waals surface area contributed by atoms with Crippen molar-refractivity contribution in [2.24, 2.45) is 0 Å². The molecule has 1 aliphatic rings. The highest BCUT2D eigenvalue weighted by atomic mass is 16.3. The third kappa shape index (κ3) is 2.49. The van der Waals surface area contributed by atoms with Gasteiger partial charge in [-0.05, 0) is 75.8 Å². The van der Waals surface area contributed by atoms with Crippen molar-refractivity contribution in [3.8, 4) is 22.3 Å². The van der Waals surface area contributed by atoms with Crippen LogP contribution in [0.5, 0.6) is 0 Å². The Morgan fingerprint density at radius 2 is 1.11 bits per heavy atom. The van der Waals surface area contributed by atoms with Gasteiger partial charge in [-0.3, -0.25) is 0 Å². The fourth-order valence-corrected chi connectivity index (χ4v) is 6.06. The first kappa shape index (κ1) is 19.1. The highest BCUT2D eigenvalue weighted by Crippen LogP contribution is 2.50.